The Kier molecular flexibility index (Phi) is 6.43. The van der Waals surface area contributed by atoms with Crippen molar-refractivity contribution in [1.29, 1.82) is 0 Å². The molecule has 0 aromatic heterocycles. The standard InChI is InChI=1S/C17H25NO5/c1-2-4-11(19)6-7-12-13-9-15(14(13)10-16(12)20)18-23-8-3-5-17(21)22/h11-14,16,19-20H,2-5,8-10H2,1H3,(H,21,22). The molecule has 2 fully saturated rings. The second-order valence-corrected chi connectivity index (χ2v) is 6.31. The largest absolute Gasteiger partial charge is 0.481 e. The van der Waals surface area contributed by atoms with Gasteiger partial charge in [0.05, 0.1) is 17.7 Å². The minimum atomic E-state index is -0.837. The van der Waals surface area contributed by atoms with Gasteiger partial charge in [0.1, 0.15) is 12.7 Å². The van der Waals surface area contributed by atoms with Gasteiger partial charge in [-0.25, -0.2) is 0 Å². The third-order valence-corrected chi connectivity index (χ3v) is 4.55. The SMILES string of the molecule is CCCC(O)C#CC1C(O)CC2C(=NOCCCC(=O)O)CC21. The molecule has 2 rings (SSSR count). The van der Waals surface area contributed by atoms with Crippen LogP contribution in [0.3, 0.4) is 0 Å². The molecular weight excluding hydrogens is 298 g/mol. The first-order valence-corrected chi connectivity index (χ1v) is 8.30. The summed E-state index contributed by atoms with van der Waals surface area (Å²) in [6.07, 6.45) is 2.34. The first-order valence-electron chi connectivity index (χ1n) is 8.30. The van der Waals surface area contributed by atoms with Crippen molar-refractivity contribution in [3.05, 3.63) is 0 Å². The number of rotatable bonds is 7. The average Bonchev–Trinajstić information content (AvgIpc) is 2.72. The van der Waals surface area contributed by atoms with E-state index in [2.05, 4.69) is 17.0 Å². The maximum atomic E-state index is 10.4. The molecule has 5 atom stereocenters. The summed E-state index contributed by atoms with van der Waals surface area (Å²) < 4.78 is 0. The third-order valence-electron chi connectivity index (χ3n) is 4.55. The van der Waals surface area contributed by atoms with Crippen molar-refractivity contribution in [2.75, 3.05) is 6.61 Å². The molecule has 128 valence electrons. The molecule has 0 heterocycles. The highest BCUT2D eigenvalue weighted by molar-refractivity contribution is 5.93. The molecule has 0 aliphatic heterocycles. The van der Waals surface area contributed by atoms with E-state index in [1.807, 2.05) is 6.92 Å². The van der Waals surface area contributed by atoms with Crippen LogP contribution in [0.4, 0.5) is 0 Å². The zero-order valence-corrected chi connectivity index (χ0v) is 13.4. The van der Waals surface area contributed by atoms with Crippen molar-refractivity contribution in [1.82, 2.24) is 0 Å². The maximum Gasteiger partial charge on any atom is 0.303 e. The Bertz CT molecular complexity index is 507. The summed E-state index contributed by atoms with van der Waals surface area (Å²) in [4.78, 5) is 15.5. The van der Waals surface area contributed by atoms with E-state index in [1.54, 1.807) is 0 Å². The lowest BCUT2D eigenvalue weighted by Crippen LogP contribution is -2.36. The third kappa shape index (κ3) is 4.69. The van der Waals surface area contributed by atoms with E-state index >= 15 is 0 Å². The monoisotopic (exact) mass is 323 g/mol. The van der Waals surface area contributed by atoms with Gasteiger partial charge in [0, 0.05) is 12.3 Å². The molecule has 0 aromatic rings. The molecule has 2 saturated carbocycles. The Morgan fingerprint density at radius 2 is 2.30 bits per heavy atom. The van der Waals surface area contributed by atoms with Crippen LogP contribution < -0.4 is 0 Å². The molecule has 0 saturated heterocycles. The van der Waals surface area contributed by atoms with Crippen LogP contribution in [-0.2, 0) is 9.63 Å². The Morgan fingerprint density at radius 3 is 3.00 bits per heavy atom. The van der Waals surface area contributed by atoms with Crippen molar-refractivity contribution in [3.8, 4) is 11.8 Å². The highest BCUT2D eigenvalue weighted by atomic mass is 16.6. The second kappa shape index (κ2) is 8.32. The molecule has 23 heavy (non-hydrogen) atoms. The molecule has 0 bridgehead atoms. The molecule has 6 heteroatoms. The predicted molar refractivity (Wildman–Crippen MR) is 84.7 cm³/mol. The lowest BCUT2D eigenvalue weighted by Gasteiger charge is -2.33. The summed E-state index contributed by atoms with van der Waals surface area (Å²) in [6.45, 7) is 2.29. The fourth-order valence-electron chi connectivity index (χ4n) is 3.26. The molecule has 0 spiro atoms. The molecule has 0 radical (unpaired) electrons. The zero-order valence-electron chi connectivity index (χ0n) is 13.4. The van der Waals surface area contributed by atoms with E-state index in [1.165, 1.54) is 0 Å². The average molecular weight is 323 g/mol. The number of carbonyl (C=O) groups is 1. The van der Waals surface area contributed by atoms with Gasteiger partial charge in [-0.1, -0.05) is 30.3 Å². The first kappa shape index (κ1) is 17.8. The van der Waals surface area contributed by atoms with Crippen molar-refractivity contribution in [3.63, 3.8) is 0 Å². The summed E-state index contributed by atoms with van der Waals surface area (Å²) in [7, 11) is 0. The van der Waals surface area contributed by atoms with Gasteiger partial charge in [0.25, 0.3) is 0 Å². The Balaban J connectivity index is 1.80. The number of aliphatic carboxylic acids is 1. The molecule has 6 nitrogen and oxygen atoms in total. The van der Waals surface area contributed by atoms with Gasteiger partial charge in [0.2, 0.25) is 0 Å². The number of hydrogen-bond acceptors (Lipinski definition) is 5. The van der Waals surface area contributed by atoms with E-state index in [0.717, 1.165) is 18.6 Å². The number of nitrogens with zero attached hydrogens (tertiary/aromatic N) is 1. The maximum absolute atomic E-state index is 10.4. The van der Waals surface area contributed by atoms with Crippen LogP contribution in [0, 0.1) is 29.6 Å². The van der Waals surface area contributed by atoms with Gasteiger partial charge >= 0.3 is 5.97 Å². The summed E-state index contributed by atoms with van der Waals surface area (Å²) in [5, 5.41) is 32.5. The van der Waals surface area contributed by atoms with E-state index in [0.29, 0.717) is 25.9 Å². The van der Waals surface area contributed by atoms with Crippen molar-refractivity contribution < 1.29 is 25.0 Å². The van der Waals surface area contributed by atoms with Crippen LogP contribution in [0.5, 0.6) is 0 Å². The Labute approximate surface area is 136 Å². The minimum absolute atomic E-state index is 0.0768. The summed E-state index contributed by atoms with van der Waals surface area (Å²) in [5.41, 5.74) is 0.933. The number of fused-ring (bicyclic) bond motifs is 1. The van der Waals surface area contributed by atoms with E-state index < -0.39 is 18.2 Å². The molecule has 2 aliphatic rings. The molecule has 2 aliphatic carbocycles. The highest BCUT2D eigenvalue weighted by Gasteiger charge is 2.51. The molecule has 3 N–H and O–H groups in total. The lowest BCUT2D eigenvalue weighted by atomic mass is 9.71. The van der Waals surface area contributed by atoms with E-state index in [9.17, 15) is 15.0 Å². The summed E-state index contributed by atoms with van der Waals surface area (Å²) in [5.74, 6) is 5.44. The fourth-order valence-corrected chi connectivity index (χ4v) is 3.26. The predicted octanol–water partition coefficient (Wildman–Crippen LogP) is 1.41. The number of oxime groups is 1. The van der Waals surface area contributed by atoms with Crippen LogP contribution in [0.25, 0.3) is 0 Å². The zero-order chi connectivity index (χ0) is 16.8. The van der Waals surface area contributed by atoms with Crippen LogP contribution >= 0.6 is 0 Å². The van der Waals surface area contributed by atoms with Gasteiger partial charge in [-0.15, -0.1) is 0 Å². The lowest BCUT2D eigenvalue weighted by molar-refractivity contribution is -0.137. The topological polar surface area (TPSA) is 99.4 Å². The number of aliphatic hydroxyl groups excluding tert-OH is 2. The summed E-state index contributed by atoms with van der Waals surface area (Å²) >= 11 is 0. The van der Waals surface area contributed by atoms with Gasteiger partial charge in [-0.2, -0.15) is 0 Å². The number of carboxylic acid groups (broad SMARTS) is 1. The molecule has 0 aromatic carbocycles. The minimum Gasteiger partial charge on any atom is -0.481 e. The number of hydrogen-bond donors (Lipinski definition) is 3. The number of aliphatic hydroxyl groups is 2. The van der Waals surface area contributed by atoms with Gasteiger partial charge in [0.15, 0.2) is 0 Å². The molecule has 5 unspecified atom stereocenters. The van der Waals surface area contributed by atoms with Crippen molar-refractivity contribution in [2.24, 2.45) is 22.9 Å². The van der Waals surface area contributed by atoms with Gasteiger partial charge < -0.3 is 20.2 Å². The smallest absolute Gasteiger partial charge is 0.303 e. The van der Waals surface area contributed by atoms with E-state index in [-0.39, 0.29) is 24.2 Å². The Hall–Kier alpha value is -1.58. The van der Waals surface area contributed by atoms with Crippen LogP contribution in [-0.4, -0.2) is 45.8 Å². The number of carboxylic acids is 1. The van der Waals surface area contributed by atoms with Crippen molar-refractivity contribution >= 4 is 11.7 Å². The second-order valence-electron chi connectivity index (χ2n) is 6.31. The Morgan fingerprint density at radius 1 is 1.52 bits per heavy atom. The quantitative estimate of drug-likeness (QED) is 0.374. The van der Waals surface area contributed by atoms with Crippen LogP contribution in [0.2, 0.25) is 0 Å². The molecular formula is C17H25NO5. The highest BCUT2D eigenvalue weighted by Crippen LogP contribution is 2.48. The fraction of sp³-hybridized carbons (Fsp3) is 0.765. The first-order chi connectivity index (χ1) is 11.0. The van der Waals surface area contributed by atoms with Gasteiger partial charge in [-0.3, -0.25) is 4.79 Å². The summed E-state index contributed by atoms with van der Waals surface area (Å²) in [6, 6.07) is 0. The van der Waals surface area contributed by atoms with Crippen LogP contribution in [0.15, 0.2) is 5.16 Å². The normalized spacial score (nSPS) is 31.7. The van der Waals surface area contributed by atoms with E-state index in [4.69, 9.17) is 9.94 Å². The molecule has 0 amide bonds. The van der Waals surface area contributed by atoms with Crippen LogP contribution in [0.1, 0.15) is 45.4 Å². The van der Waals surface area contributed by atoms with Crippen molar-refractivity contribution in [2.45, 2.75) is 57.7 Å². The van der Waals surface area contributed by atoms with Gasteiger partial charge in [-0.05, 0) is 31.6 Å².